The fourth-order valence-electron chi connectivity index (χ4n) is 3.64. The minimum Gasteiger partial charge on any atom is -0.368 e. The zero-order chi connectivity index (χ0) is 16.8. The predicted octanol–water partition coefficient (Wildman–Crippen LogP) is 2.20. The fraction of sp³-hybridized carbons (Fsp3) is 0.412. The summed E-state index contributed by atoms with van der Waals surface area (Å²) in [5.74, 6) is 0.209. The Bertz CT molecular complexity index is 981. The molecule has 3 aromatic heterocycles. The first-order valence-electron chi connectivity index (χ1n) is 8.23. The number of pyridine rings is 1. The van der Waals surface area contributed by atoms with Crippen LogP contribution in [0.1, 0.15) is 37.4 Å². The van der Waals surface area contributed by atoms with E-state index < -0.39 is 0 Å². The molecule has 0 saturated heterocycles. The summed E-state index contributed by atoms with van der Waals surface area (Å²) in [5.41, 5.74) is 8.70. The standard InChI is InChI=1S/C17H20N6O/c1-10-13-7-14(11-8-19-22(2)9-11)16(24)23(12-5-3-4-6-12)15(13)21-17(18)20-10/h7-9,12H,3-6H2,1-2H3,(H2,18,20,21). The maximum Gasteiger partial charge on any atom is 0.260 e. The Kier molecular flexibility index (Phi) is 3.37. The molecule has 1 aliphatic carbocycles. The van der Waals surface area contributed by atoms with Crippen molar-refractivity contribution in [2.45, 2.75) is 38.6 Å². The van der Waals surface area contributed by atoms with Gasteiger partial charge >= 0.3 is 0 Å². The summed E-state index contributed by atoms with van der Waals surface area (Å²) in [4.78, 5) is 21.9. The van der Waals surface area contributed by atoms with Gasteiger partial charge in [0.25, 0.3) is 5.56 Å². The lowest BCUT2D eigenvalue weighted by atomic mass is 10.1. The molecule has 2 N–H and O–H groups in total. The SMILES string of the molecule is Cc1nc(N)nc2c1cc(-c1cnn(C)c1)c(=O)n2C1CCCC1. The Labute approximate surface area is 139 Å². The zero-order valence-corrected chi connectivity index (χ0v) is 13.9. The van der Waals surface area contributed by atoms with Gasteiger partial charge in [-0.1, -0.05) is 12.8 Å². The van der Waals surface area contributed by atoms with E-state index in [-0.39, 0.29) is 17.5 Å². The van der Waals surface area contributed by atoms with Gasteiger partial charge in [-0.15, -0.1) is 0 Å². The van der Waals surface area contributed by atoms with E-state index in [1.807, 2.05) is 30.8 Å². The molecule has 1 saturated carbocycles. The molecule has 0 bridgehead atoms. The van der Waals surface area contributed by atoms with Gasteiger partial charge < -0.3 is 5.73 Å². The van der Waals surface area contributed by atoms with Gasteiger partial charge in [0.1, 0.15) is 5.65 Å². The van der Waals surface area contributed by atoms with Crippen molar-refractivity contribution in [2.75, 3.05) is 5.73 Å². The van der Waals surface area contributed by atoms with Gasteiger partial charge in [0.05, 0.1) is 17.5 Å². The highest BCUT2D eigenvalue weighted by Gasteiger charge is 2.24. The first-order valence-corrected chi connectivity index (χ1v) is 8.23. The minimum atomic E-state index is -0.0279. The Morgan fingerprint density at radius 2 is 2.00 bits per heavy atom. The Balaban J connectivity index is 2.08. The molecule has 0 unspecified atom stereocenters. The van der Waals surface area contributed by atoms with Crippen LogP contribution in [0, 0.1) is 6.92 Å². The summed E-state index contributed by atoms with van der Waals surface area (Å²) in [6.45, 7) is 1.90. The molecule has 3 heterocycles. The van der Waals surface area contributed by atoms with Crippen molar-refractivity contribution in [3.05, 3.63) is 34.5 Å². The second-order valence-corrected chi connectivity index (χ2v) is 6.48. The molecule has 24 heavy (non-hydrogen) atoms. The van der Waals surface area contributed by atoms with Gasteiger partial charge in [-0.3, -0.25) is 14.0 Å². The normalized spacial score (nSPS) is 15.4. The molecule has 1 fully saturated rings. The van der Waals surface area contributed by atoms with Gasteiger partial charge in [0.15, 0.2) is 0 Å². The quantitative estimate of drug-likeness (QED) is 0.780. The Morgan fingerprint density at radius 1 is 1.25 bits per heavy atom. The van der Waals surface area contributed by atoms with Crippen molar-refractivity contribution in [1.82, 2.24) is 24.3 Å². The van der Waals surface area contributed by atoms with Crippen LogP contribution in [0.3, 0.4) is 0 Å². The van der Waals surface area contributed by atoms with Gasteiger partial charge in [0, 0.05) is 30.2 Å². The van der Waals surface area contributed by atoms with Crippen LogP contribution in [0.2, 0.25) is 0 Å². The van der Waals surface area contributed by atoms with Crippen LogP contribution in [0.25, 0.3) is 22.2 Å². The van der Waals surface area contributed by atoms with Crippen LogP contribution >= 0.6 is 0 Å². The maximum atomic E-state index is 13.2. The highest BCUT2D eigenvalue weighted by Crippen LogP contribution is 2.32. The van der Waals surface area contributed by atoms with Gasteiger partial charge in [0.2, 0.25) is 5.95 Å². The van der Waals surface area contributed by atoms with Crippen molar-refractivity contribution in [2.24, 2.45) is 7.05 Å². The smallest absolute Gasteiger partial charge is 0.260 e. The molecule has 7 heteroatoms. The number of anilines is 1. The first kappa shape index (κ1) is 14.9. The second kappa shape index (κ2) is 5.43. The van der Waals surface area contributed by atoms with Gasteiger partial charge in [-0.05, 0) is 25.8 Å². The van der Waals surface area contributed by atoms with E-state index >= 15 is 0 Å². The largest absolute Gasteiger partial charge is 0.368 e. The van der Waals surface area contributed by atoms with Crippen LogP contribution in [0.4, 0.5) is 5.95 Å². The monoisotopic (exact) mass is 324 g/mol. The minimum absolute atomic E-state index is 0.0279. The van der Waals surface area contributed by atoms with Crippen molar-refractivity contribution >= 4 is 17.0 Å². The third-order valence-corrected chi connectivity index (χ3v) is 4.81. The molecule has 0 aromatic carbocycles. The first-order chi connectivity index (χ1) is 11.5. The van der Waals surface area contributed by atoms with Crippen molar-refractivity contribution in [3.8, 4) is 11.1 Å². The number of nitrogen functional groups attached to an aromatic ring is 1. The molecule has 124 valence electrons. The van der Waals surface area contributed by atoms with Crippen LogP contribution in [-0.2, 0) is 7.05 Å². The lowest BCUT2D eigenvalue weighted by Crippen LogP contribution is -2.26. The summed E-state index contributed by atoms with van der Waals surface area (Å²) < 4.78 is 3.53. The number of aryl methyl sites for hydroxylation is 2. The molecular weight excluding hydrogens is 304 g/mol. The van der Waals surface area contributed by atoms with Crippen molar-refractivity contribution in [3.63, 3.8) is 0 Å². The number of hydrogen-bond acceptors (Lipinski definition) is 5. The predicted molar refractivity (Wildman–Crippen MR) is 92.7 cm³/mol. The molecule has 1 aliphatic rings. The van der Waals surface area contributed by atoms with Crippen LogP contribution in [0.5, 0.6) is 0 Å². The number of fused-ring (bicyclic) bond motifs is 1. The highest BCUT2D eigenvalue weighted by atomic mass is 16.1. The molecule has 0 atom stereocenters. The van der Waals surface area contributed by atoms with Crippen LogP contribution < -0.4 is 11.3 Å². The summed E-state index contributed by atoms with van der Waals surface area (Å²) in [6.07, 6.45) is 7.83. The highest BCUT2D eigenvalue weighted by molar-refractivity contribution is 5.83. The number of nitrogens with two attached hydrogens (primary N) is 1. The van der Waals surface area contributed by atoms with E-state index in [1.165, 1.54) is 0 Å². The second-order valence-electron chi connectivity index (χ2n) is 6.48. The third-order valence-electron chi connectivity index (χ3n) is 4.81. The van der Waals surface area contributed by atoms with E-state index in [0.29, 0.717) is 11.2 Å². The topological polar surface area (TPSA) is 91.6 Å². The average molecular weight is 324 g/mol. The molecule has 0 radical (unpaired) electrons. The summed E-state index contributed by atoms with van der Waals surface area (Å²) in [5, 5.41) is 5.07. The molecule has 7 nitrogen and oxygen atoms in total. The van der Waals surface area contributed by atoms with Gasteiger partial charge in [-0.2, -0.15) is 10.1 Å². The summed E-state index contributed by atoms with van der Waals surface area (Å²) in [6, 6.07) is 2.04. The summed E-state index contributed by atoms with van der Waals surface area (Å²) in [7, 11) is 1.84. The van der Waals surface area contributed by atoms with E-state index in [9.17, 15) is 4.79 Å². The van der Waals surface area contributed by atoms with Crippen LogP contribution in [-0.4, -0.2) is 24.3 Å². The molecule has 0 spiro atoms. The number of aromatic nitrogens is 5. The zero-order valence-electron chi connectivity index (χ0n) is 13.9. The van der Waals surface area contributed by atoms with Crippen LogP contribution in [0.15, 0.2) is 23.3 Å². The summed E-state index contributed by atoms with van der Waals surface area (Å²) >= 11 is 0. The van der Waals surface area contributed by atoms with E-state index in [1.54, 1.807) is 10.9 Å². The number of nitrogens with zero attached hydrogens (tertiary/aromatic N) is 5. The van der Waals surface area contributed by atoms with E-state index in [2.05, 4.69) is 15.1 Å². The van der Waals surface area contributed by atoms with E-state index in [0.717, 1.165) is 42.3 Å². The van der Waals surface area contributed by atoms with Gasteiger partial charge in [-0.25, -0.2) is 4.98 Å². The molecule has 0 amide bonds. The molecular formula is C17H20N6O. The fourth-order valence-corrected chi connectivity index (χ4v) is 3.64. The lowest BCUT2D eigenvalue weighted by Gasteiger charge is -2.18. The van der Waals surface area contributed by atoms with Crippen molar-refractivity contribution < 1.29 is 0 Å². The molecule has 0 aliphatic heterocycles. The lowest BCUT2D eigenvalue weighted by molar-refractivity contribution is 0.516. The third kappa shape index (κ3) is 2.28. The average Bonchev–Trinajstić information content (AvgIpc) is 3.18. The van der Waals surface area contributed by atoms with Crippen molar-refractivity contribution in [1.29, 1.82) is 0 Å². The van der Waals surface area contributed by atoms with E-state index in [4.69, 9.17) is 5.73 Å². The maximum absolute atomic E-state index is 13.2. The molecule has 3 aromatic rings. The number of rotatable bonds is 2. The Hall–Kier alpha value is -2.70. The Morgan fingerprint density at radius 3 is 2.67 bits per heavy atom. The molecule has 4 rings (SSSR count). The number of hydrogen-bond donors (Lipinski definition) is 1.